The van der Waals surface area contributed by atoms with Crippen molar-refractivity contribution in [2.45, 2.75) is 13.8 Å². The molecule has 3 N–H and O–H groups in total. The molecule has 1 aromatic heterocycles. The Labute approximate surface area is 112 Å². The molecule has 5 heteroatoms. The Hall–Kier alpha value is -2.43. The fourth-order valence-electron chi connectivity index (χ4n) is 1.87. The van der Waals surface area contributed by atoms with E-state index in [0.29, 0.717) is 5.69 Å². The van der Waals surface area contributed by atoms with E-state index in [2.05, 4.69) is 40.8 Å². The maximum absolute atomic E-state index is 7.31. The third-order valence-electron chi connectivity index (χ3n) is 2.82. The van der Waals surface area contributed by atoms with E-state index in [0.717, 1.165) is 18.1 Å². The third kappa shape index (κ3) is 2.88. The van der Waals surface area contributed by atoms with Gasteiger partial charge < -0.3 is 10.6 Å². The average molecular weight is 255 g/mol. The van der Waals surface area contributed by atoms with E-state index in [1.165, 1.54) is 11.8 Å². The van der Waals surface area contributed by atoms with Crippen LogP contribution in [-0.4, -0.2) is 22.3 Å². The normalized spacial score (nSPS) is 10.2. The van der Waals surface area contributed by atoms with Crippen molar-refractivity contribution in [3.63, 3.8) is 0 Å². The van der Waals surface area contributed by atoms with Crippen LogP contribution in [0.5, 0.6) is 0 Å². The molecule has 19 heavy (non-hydrogen) atoms. The van der Waals surface area contributed by atoms with Gasteiger partial charge in [0.2, 0.25) is 0 Å². The molecule has 2 rings (SSSR count). The molecule has 98 valence electrons. The highest BCUT2D eigenvalue weighted by Gasteiger charge is 2.09. The Balaban J connectivity index is 2.34. The third-order valence-corrected chi connectivity index (χ3v) is 2.82. The molecule has 0 bridgehead atoms. The minimum absolute atomic E-state index is 0.0716. The Bertz CT molecular complexity index is 577. The summed E-state index contributed by atoms with van der Waals surface area (Å²) in [4.78, 5) is 10.5. The zero-order chi connectivity index (χ0) is 13.8. The van der Waals surface area contributed by atoms with Crippen LogP contribution in [0, 0.1) is 12.3 Å². The van der Waals surface area contributed by atoms with Gasteiger partial charge in [0.05, 0.1) is 12.4 Å². The fraction of sp³-hybridized carbons (Fsp3) is 0.214. The molecular formula is C14H17N5. The Morgan fingerprint density at radius 1 is 1.32 bits per heavy atom. The summed E-state index contributed by atoms with van der Waals surface area (Å²) in [5.74, 6) is 0.677. The number of nitrogen functional groups attached to an aromatic ring is 1. The molecule has 0 saturated carbocycles. The standard InChI is InChI=1S/C14H17N5/c1-3-19(11-6-4-5-10(2)7-11)13-9-17-12(8-18-13)14(15)16/h4-9H,3H2,1-2H3,(H3,15,16). The highest BCUT2D eigenvalue weighted by Crippen LogP contribution is 2.23. The molecule has 0 unspecified atom stereocenters. The van der Waals surface area contributed by atoms with Crippen LogP contribution in [0.25, 0.3) is 0 Å². The summed E-state index contributed by atoms with van der Waals surface area (Å²) in [5, 5.41) is 7.31. The molecule has 1 aromatic carbocycles. The lowest BCUT2D eigenvalue weighted by Gasteiger charge is -2.22. The smallest absolute Gasteiger partial charge is 0.151 e. The number of aryl methyl sites for hydroxylation is 1. The highest BCUT2D eigenvalue weighted by molar-refractivity contribution is 5.92. The first-order valence-corrected chi connectivity index (χ1v) is 6.12. The summed E-state index contributed by atoms with van der Waals surface area (Å²) >= 11 is 0. The van der Waals surface area contributed by atoms with Crippen molar-refractivity contribution in [3.05, 3.63) is 47.9 Å². The van der Waals surface area contributed by atoms with Crippen LogP contribution in [0.2, 0.25) is 0 Å². The molecule has 0 spiro atoms. The van der Waals surface area contributed by atoms with Crippen molar-refractivity contribution in [2.75, 3.05) is 11.4 Å². The predicted molar refractivity (Wildman–Crippen MR) is 76.9 cm³/mol. The van der Waals surface area contributed by atoms with Gasteiger partial charge in [-0.3, -0.25) is 5.41 Å². The van der Waals surface area contributed by atoms with Crippen LogP contribution in [0.3, 0.4) is 0 Å². The van der Waals surface area contributed by atoms with E-state index < -0.39 is 0 Å². The van der Waals surface area contributed by atoms with Crippen LogP contribution < -0.4 is 10.6 Å². The summed E-state index contributed by atoms with van der Waals surface area (Å²) < 4.78 is 0. The van der Waals surface area contributed by atoms with Gasteiger partial charge in [-0.05, 0) is 31.5 Å². The molecule has 0 aliphatic heterocycles. The van der Waals surface area contributed by atoms with Crippen LogP contribution in [-0.2, 0) is 0 Å². The minimum atomic E-state index is -0.0716. The number of nitrogens with two attached hydrogens (primary N) is 1. The number of anilines is 2. The van der Waals surface area contributed by atoms with Crippen LogP contribution >= 0.6 is 0 Å². The molecule has 0 aliphatic rings. The number of benzene rings is 1. The number of hydrogen-bond donors (Lipinski definition) is 2. The lowest BCUT2D eigenvalue weighted by atomic mass is 10.2. The Morgan fingerprint density at radius 2 is 2.11 bits per heavy atom. The minimum Gasteiger partial charge on any atom is -0.382 e. The maximum Gasteiger partial charge on any atom is 0.151 e. The Morgan fingerprint density at radius 3 is 2.63 bits per heavy atom. The van der Waals surface area contributed by atoms with Crippen molar-refractivity contribution >= 4 is 17.3 Å². The second-order valence-electron chi connectivity index (χ2n) is 4.26. The molecule has 0 radical (unpaired) electrons. The van der Waals surface area contributed by atoms with Crippen LogP contribution in [0.15, 0.2) is 36.7 Å². The fourth-order valence-corrected chi connectivity index (χ4v) is 1.87. The lowest BCUT2D eigenvalue weighted by Crippen LogP contribution is -2.19. The topological polar surface area (TPSA) is 78.9 Å². The zero-order valence-electron chi connectivity index (χ0n) is 11.1. The number of nitrogens with one attached hydrogen (secondary N) is 1. The van der Waals surface area contributed by atoms with Crippen molar-refractivity contribution < 1.29 is 0 Å². The van der Waals surface area contributed by atoms with Crippen molar-refractivity contribution in [1.29, 1.82) is 5.41 Å². The Kier molecular flexibility index (Phi) is 3.75. The van der Waals surface area contributed by atoms with Gasteiger partial charge >= 0.3 is 0 Å². The van der Waals surface area contributed by atoms with Crippen molar-refractivity contribution in [3.8, 4) is 0 Å². The predicted octanol–water partition coefficient (Wildman–Crippen LogP) is 2.23. The van der Waals surface area contributed by atoms with Crippen molar-refractivity contribution in [2.24, 2.45) is 5.73 Å². The molecule has 0 atom stereocenters. The molecule has 1 heterocycles. The number of hydrogen-bond acceptors (Lipinski definition) is 4. The lowest BCUT2D eigenvalue weighted by molar-refractivity contribution is 0.972. The summed E-state index contributed by atoms with van der Waals surface area (Å²) in [7, 11) is 0. The van der Waals surface area contributed by atoms with Gasteiger partial charge in [0.15, 0.2) is 5.82 Å². The number of rotatable bonds is 4. The van der Waals surface area contributed by atoms with E-state index in [9.17, 15) is 0 Å². The molecule has 0 fully saturated rings. The largest absolute Gasteiger partial charge is 0.382 e. The first kappa shape index (κ1) is 13.0. The summed E-state index contributed by atoms with van der Waals surface area (Å²) in [6.45, 7) is 4.91. The van der Waals surface area contributed by atoms with Gasteiger partial charge in [-0.15, -0.1) is 0 Å². The maximum atomic E-state index is 7.31. The average Bonchev–Trinajstić information content (AvgIpc) is 2.40. The van der Waals surface area contributed by atoms with E-state index in [1.54, 1.807) is 6.20 Å². The van der Waals surface area contributed by atoms with E-state index >= 15 is 0 Å². The number of aromatic nitrogens is 2. The molecular weight excluding hydrogens is 238 g/mol. The second kappa shape index (κ2) is 5.48. The highest BCUT2D eigenvalue weighted by atomic mass is 15.2. The second-order valence-corrected chi connectivity index (χ2v) is 4.26. The number of nitrogens with zero attached hydrogens (tertiary/aromatic N) is 3. The van der Waals surface area contributed by atoms with Crippen LogP contribution in [0.4, 0.5) is 11.5 Å². The molecule has 0 saturated heterocycles. The monoisotopic (exact) mass is 255 g/mol. The van der Waals surface area contributed by atoms with E-state index in [-0.39, 0.29) is 5.84 Å². The summed E-state index contributed by atoms with van der Waals surface area (Å²) in [6.07, 6.45) is 3.17. The first-order valence-electron chi connectivity index (χ1n) is 6.12. The van der Waals surface area contributed by atoms with Crippen LogP contribution in [0.1, 0.15) is 18.2 Å². The number of amidine groups is 1. The first-order chi connectivity index (χ1) is 9.11. The quantitative estimate of drug-likeness (QED) is 0.648. The van der Waals surface area contributed by atoms with Gasteiger partial charge in [-0.1, -0.05) is 12.1 Å². The van der Waals surface area contributed by atoms with Crippen molar-refractivity contribution in [1.82, 2.24) is 9.97 Å². The zero-order valence-corrected chi connectivity index (χ0v) is 11.1. The summed E-state index contributed by atoms with van der Waals surface area (Å²) in [6, 6.07) is 8.22. The van der Waals surface area contributed by atoms with Gasteiger partial charge in [0, 0.05) is 12.2 Å². The van der Waals surface area contributed by atoms with E-state index in [1.807, 2.05) is 12.1 Å². The van der Waals surface area contributed by atoms with Gasteiger partial charge in [-0.25, -0.2) is 9.97 Å². The molecule has 0 amide bonds. The molecule has 0 aliphatic carbocycles. The van der Waals surface area contributed by atoms with E-state index in [4.69, 9.17) is 11.1 Å². The molecule has 2 aromatic rings. The van der Waals surface area contributed by atoms with Gasteiger partial charge in [0.25, 0.3) is 0 Å². The molecule has 5 nitrogen and oxygen atoms in total. The SMILES string of the molecule is CCN(c1cccc(C)c1)c1cnc(C(=N)N)cn1. The summed E-state index contributed by atoms with van der Waals surface area (Å²) in [5.41, 5.74) is 8.04. The van der Waals surface area contributed by atoms with Gasteiger partial charge in [-0.2, -0.15) is 0 Å². The van der Waals surface area contributed by atoms with Gasteiger partial charge in [0.1, 0.15) is 11.5 Å².